The molecule has 0 radical (unpaired) electrons. The third-order valence-corrected chi connectivity index (χ3v) is 4.91. The Morgan fingerprint density at radius 1 is 1.29 bits per heavy atom. The lowest BCUT2D eigenvalue weighted by atomic mass is 9.96. The molecule has 152 valence electrons. The average molecular weight is 391 g/mol. The van der Waals surface area contributed by atoms with Gasteiger partial charge in [-0.2, -0.15) is 0 Å². The molecule has 7 heteroatoms. The van der Waals surface area contributed by atoms with E-state index >= 15 is 0 Å². The Morgan fingerprint density at radius 3 is 2.57 bits per heavy atom. The van der Waals surface area contributed by atoms with Gasteiger partial charge in [-0.15, -0.1) is 0 Å². The Labute approximate surface area is 164 Å². The molecule has 28 heavy (non-hydrogen) atoms. The number of hydrogen-bond acceptors (Lipinski definition) is 3. The third-order valence-electron chi connectivity index (χ3n) is 4.91. The molecule has 1 amide bonds. The Bertz CT molecular complexity index is 850. The van der Waals surface area contributed by atoms with Crippen molar-refractivity contribution >= 4 is 6.09 Å². The van der Waals surface area contributed by atoms with E-state index in [9.17, 15) is 13.6 Å². The predicted molar refractivity (Wildman–Crippen MR) is 103 cm³/mol. The van der Waals surface area contributed by atoms with Gasteiger partial charge in [-0.1, -0.05) is 0 Å². The van der Waals surface area contributed by atoms with Gasteiger partial charge in [-0.05, 0) is 51.8 Å². The van der Waals surface area contributed by atoms with Gasteiger partial charge < -0.3 is 14.2 Å². The van der Waals surface area contributed by atoms with Crippen LogP contribution in [0, 0.1) is 5.82 Å². The number of piperidine rings is 1. The quantitative estimate of drug-likeness (QED) is 0.754. The van der Waals surface area contributed by atoms with Crippen molar-refractivity contribution in [1.29, 1.82) is 0 Å². The van der Waals surface area contributed by atoms with Gasteiger partial charge in [-0.3, -0.25) is 0 Å². The number of hydrogen-bond donors (Lipinski definition) is 0. The van der Waals surface area contributed by atoms with Crippen LogP contribution in [0.4, 0.5) is 13.6 Å². The maximum absolute atomic E-state index is 13.6. The van der Waals surface area contributed by atoms with Gasteiger partial charge in [0.05, 0.1) is 5.69 Å². The molecular weight excluding hydrogens is 364 g/mol. The summed E-state index contributed by atoms with van der Waals surface area (Å²) in [4.78, 5) is 18.7. The number of rotatable bonds is 3. The minimum Gasteiger partial charge on any atom is -0.444 e. The lowest BCUT2D eigenvalue weighted by Gasteiger charge is -2.33. The Hall–Kier alpha value is -2.44. The molecule has 0 saturated carbocycles. The molecule has 3 rings (SSSR count). The standard InChI is InChI=1S/C21H27F2N3O2/c1-21(2,3)28-20(27)26-9-7-14(8-10-26)19-24-18(13-25(19)4)15-5-6-17(23)16(11-15)12-22/h5-6,11,13-14H,7-10,12H2,1-4H3. The lowest BCUT2D eigenvalue weighted by molar-refractivity contribution is 0.0202. The molecule has 0 bridgehead atoms. The molecule has 5 nitrogen and oxygen atoms in total. The summed E-state index contributed by atoms with van der Waals surface area (Å²) in [5.41, 5.74) is 0.926. The summed E-state index contributed by atoms with van der Waals surface area (Å²) < 4.78 is 33.9. The van der Waals surface area contributed by atoms with Crippen molar-refractivity contribution in [2.75, 3.05) is 13.1 Å². The van der Waals surface area contributed by atoms with E-state index in [1.807, 2.05) is 38.6 Å². The second-order valence-electron chi connectivity index (χ2n) is 8.28. The Morgan fingerprint density at radius 2 is 1.96 bits per heavy atom. The lowest BCUT2D eigenvalue weighted by Crippen LogP contribution is -2.41. The predicted octanol–water partition coefficient (Wildman–Crippen LogP) is 4.81. The first-order chi connectivity index (χ1) is 13.2. The molecule has 2 heterocycles. The largest absolute Gasteiger partial charge is 0.444 e. The molecule has 0 spiro atoms. The van der Waals surface area contributed by atoms with E-state index in [-0.39, 0.29) is 17.6 Å². The zero-order chi connectivity index (χ0) is 20.5. The van der Waals surface area contributed by atoms with Crippen LogP contribution in [0.5, 0.6) is 0 Å². The summed E-state index contributed by atoms with van der Waals surface area (Å²) in [6.07, 6.45) is 3.19. The smallest absolute Gasteiger partial charge is 0.410 e. The summed E-state index contributed by atoms with van der Waals surface area (Å²) in [6.45, 7) is 5.96. The fourth-order valence-corrected chi connectivity index (χ4v) is 3.48. The fourth-order valence-electron chi connectivity index (χ4n) is 3.48. The first kappa shape index (κ1) is 20.3. The van der Waals surface area contributed by atoms with Crippen molar-refractivity contribution in [3.8, 4) is 11.3 Å². The Balaban J connectivity index is 1.70. The topological polar surface area (TPSA) is 47.4 Å². The zero-order valence-corrected chi connectivity index (χ0v) is 16.8. The number of nitrogens with zero attached hydrogens (tertiary/aromatic N) is 3. The van der Waals surface area contributed by atoms with E-state index in [0.29, 0.717) is 24.3 Å². The van der Waals surface area contributed by atoms with Crippen molar-refractivity contribution in [2.45, 2.75) is 51.8 Å². The number of aryl methyl sites for hydroxylation is 1. The van der Waals surface area contributed by atoms with E-state index in [1.54, 1.807) is 11.0 Å². The molecule has 0 aliphatic carbocycles. The van der Waals surface area contributed by atoms with E-state index < -0.39 is 18.1 Å². The summed E-state index contributed by atoms with van der Waals surface area (Å²) in [5, 5.41) is 0. The third kappa shape index (κ3) is 4.51. The molecule has 1 fully saturated rings. The molecule has 0 N–H and O–H groups in total. The highest BCUT2D eigenvalue weighted by molar-refractivity contribution is 5.68. The Kier molecular flexibility index (Phi) is 5.72. The minimum absolute atomic E-state index is 0.0374. The summed E-state index contributed by atoms with van der Waals surface area (Å²) in [5.74, 6) is 0.598. The minimum atomic E-state index is -0.845. The number of amides is 1. The van der Waals surface area contributed by atoms with Crippen LogP contribution < -0.4 is 0 Å². The van der Waals surface area contributed by atoms with Crippen molar-refractivity contribution in [2.24, 2.45) is 7.05 Å². The van der Waals surface area contributed by atoms with Crippen LogP contribution in [0.25, 0.3) is 11.3 Å². The van der Waals surface area contributed by atoms with Crippen LogP contribution in [0.1, 0.15) is 50.9 Å². The van der Waals surface area contributed by atoms with E-state index in [2.05, 4.69) is 0 Å². The molecule has 0 atom stereocenters. The maximum atomic E-state index is 13.6. The van der Waals surface area contributed by atoms with E-state index in [1.165, 1.54) is 12.1 Å². The van der Waals surface area contributed by atoms with Gasteiger partial charge in [0.2, 0.25) is 0 Å². The number of carbonyl (C=O) groups excluding carboxylic acids is 1. The van der Waals surface area contributed by atoms with E-state index in [0.717, 1.165) is 18.7 Å². The summed E-state index contributed by atoms with van der Waals surface area (Å²) in [6, 6.07) is 4.40. The van der Waals surface area contributed by atoms with Gasteiger partial charge in [0.25, 0.3) is 0 Å². The van der Waals surface area contributed by atoms with Crippen LogP contribution >= 0.6 is 0 Å². The second kappa shape index (κ2) is 7.89. The molecular formula is C21H27F2N3O2. The molecule has 1 aliphatic heterocycles. The zero-order valence-electron chi connectivity index (χ0n) is 16.8. The summed E-state index contributed by atoms with van der Waals surface area (Å²) in [7, 11) is 1.92. The average Bonchev–Trinajstić information content (AvgIpc) is 3.02. The molecule has 2 aromatic rings. The molecule has 0 unspecified atom stereocenters. The fraction of sp³-hybridized carbons (Fsp3) is 0.524. The van der Waals surface area contributed by atoms with E-state index in [4.69, 9.17) is 9.72 Å². The summed E-state index contributed by atoms with van der Waals surface area (Å²) >= 11 is 0. The van der Waals surface area contributed by atoms with Crippen molar-refractivity contribution in [3.63, 3.8) is 0 Å². The highest BCUT2D eigenvalue weighted by atomic mass is 19.1. The number of ether oxygens (including phenoxy) is 1. The second-order valence-corrected chi connectivity index (χ2v) is 8.28. The first-order valence-electron chi connectivity index (χ1n) is 9.54. The number of alkyl halides is 1. The van der Waals surface area contributed by atoms with Gasteiger partial charge in [-0.25, -0.2) is 18.6 Å². The number of halogens is 2. The van der Waals surface area contributed by atoms with Crippen molar-refractivity contribution in [1.82, 2.24) is 14.5 Å². The van der Waals surface area contributed by atoms with Crippen molar-refractivity contribution in [3.05, 3.63) is 41.6 Å². The maximum Gasteiger partial charge on any atom is 0.410 e. The highest BCUT2D eigenvalue weighted by Crippen LogP contribution is 2.30. The number of aromatic nitrogens is 2. The first-order valence-corrected chi connectivity index (χ1v) is 9.54. The number of likely N-dealkylation sites (tertiary alicyclic amines) is 1. The van der Waals surface area contributed by atoms with Gasteiger partial charge in [0.1, 0.15) is 23.9 Å². The molecule has 1 saturated heterocycles. The highest BCUT2D eigenvalue weighted by Gasteiger charge is 2.29. The number of imidazole rings is 1. The molecule has 1 aliphatic rings. The van der Waals surface area contributed by atoms with Gasteiger partial charge in [0, 0.05) is 43.4 Å². The van der Waals surface area contributed by atoms with Crippen LogP contribution in [-0.2, 0) is 18.5 Å². The van der Waals surface area contributed by atoms with Gasteiger partial charge >= 0.3 is 6.09 Å². The number of carbonyl (C=O) groups is 1. The molecule has 1 aromatic heterocycles. The van der Waals surface area contributed by atoms with Gasteiger partial charge in [0.15, 0.2) is 0 Å². The van der Waals surface area contributed by atoms with Crippen LogP contribution in [0.2, 0.25) is 0 Å². The van der Waals surface area contributed by atoms with Crippen LogP contribution in [0.3, 0.4) is 0 Å². The normalized spacial score (nSPS) is 15.7. The van der Waals surface area contributed by atoms with Crippen LogP contribution in [-0.4, -0.2) is 39.2 Å². The monoisotopic (exact) mass is 391 g/mol. The SMILES string of the molecule is Cn1cc(-c2ccc(F)c(CF)c2)nc1C1CCN(C(=O)OC(C)(C)C)CC1. The van der Waals surface area contributed by atoms with Crippen LogP contribution in [0.15, 0.2) is 24.4 Å². The number of benzene rings is 1. The molecule has 1 aromatic carbocycles. The van der Waals surface area contributed by atoms with Crippen molar-refractivity contribution < 1.29 is 18.3 Å².